The molecule has 0 bridgehead atoms. The third kappa shape index (κ3) is 4.70. The highest BCUT2D eigenvalue weighted by molar-refractivity contribution is 5.94. The maximum Gasteiger partial charge on any atom is 0.252 e. The number of benzene rings is 2. The summed E-state index contributed by atoms with van der Waals surface area (Å²) in [6.45, 7) is 4.46. The van der Waals surface area contributed by atoms with Crippen molar-refractivity contribution in [3.8, 4) is 0 Å². The first-order valence-corrected chi connectivity index (χ1v) is 8.84. The van der Waals surface area contributed by atoms with Crippen LogP contribution in [0.15, 0.2) is 60.9 Å². The van der Waals surface area contributed by atoms with E-state index in [2.05, 4.69) is 28.6 Å². The second-order valence-corrected chi connectivity index (χ2v) is 6.43. The Morgan fingerprint density at radius 3 is 2.70 bits per heavy atom. The number of rotatable bonds is 6. The summed E-state index contributed by atoms with van der Waals surface area (Å²) in [4.78, 5) is 16.5. The van der Waals surface area contributed by atoms with E-state index in [9.17, 15) is 9.18 Å². The van der Waals surface area contributed by atoms with Crippen LogP contribution in [0.4, 0.5) is 15.8 Å². The summed E-state index contributed by atoms with van der Waals surface area (Å²) >= 11 is 0. The van der Waals surface area contributed by atoms with Crippen molar-refractivity contribution in [1.29, 1.82) is 0 Å². The van der Waals surface area contributed by atoms with Crippen LogP contribution in [-0.2, 0) is 6.42 Å². The van der Waals surface area contributed by atoms with Crippen LogP contribution in [0, 0.1) is 19.7 Å². The van der Waals surface area contributed by atoms with E-state index in [1.54, 1.807) is 30.5 Å². The number of pyridine rings is 1. The van der Waals surface area contributed by atoms with E-state index < -0.39 is 0 Å². The van der Waals surface area contributed by atoms with Crippen molar-refractivity contribution < 1.29 is 9.18 Å². The van der Waals surface area contributed by atoms with Crippen molar-refractivity contribution in [1.82, 2.24) is 10.3 Å². The van der Waals surface area contributed by atoms with Crippen molar-refractivity contribution in [2.75, 3.05) is 11.9 Å². The van der Waals surface area contributed by atoms with E-state index >= 15 is 0 Å². The van der Waals surface area contributed by atoms with Crippen LogP contribution >= 0.6 is 0 Å². The fourth-order valence-electron chi connectivity index (χ4n) is 2.79. The molecule has 0 fully saturated rings. The number of nitrogens with one attached hydrogen (secondary N) is 2. The van der Waals surface area contributed by atoms with Gasteiger partial charge in [-0.3, -0.25) is 9.78 Å². The van der Waals surface area contributed by atoms with Crippen LogP contribution in [0.2, 0.25) is 0 Å². The third-order valence-electron chi connectivity index (χ3n) is 4.52. The second kappa shape index (κ2) is 8.45. The van der Waals surface area contributed by atoms with Crippen molar-refractivity contribution in [3.05, 3.63) is 89.0 Å². The highest BCUT2D eigenvalue weighted by Gasteiger charge is 2.09. The average molecular weight is 363 g/mol. The molecule has 1 aromatic heterocycles. The lowest BCUT2D eigenvalue weighted by Crippen LogP contribution is -2.26. The molecular formula is C22H22FN3O. The number of hydrogen-bond acceptors (Lipinski definition) is 3. The highest BCUT2D eigenvalue weighted by Crippen LogP contribution is 2.22. The highest BCUT2D eigenvalue weighted by atomic mass is 19.1. The summed E-state index contributed by atoms with van der Waals surface area (Å²) in [6, 6.07) is 14.4. The van der Waals surface area contributed by atoms with Gasteiger partial charge < -0.3 is 10.6 Å². The Kier molecular flexibility index (Phi) is 5.81. The maximum absolute atomic E-state index is 13.6. The van der Waals surface area contributed by atoms with Crippen LogP contribution in [0.25, 0.3) is 0 Å². The number of halogens is 1. The summed E-state index contributed by atoms with van der Waals surface area (Å²) < 4.78 is 13.6. The summed E-state index contributed by atoms with van der Waals surface area (Å²) in [7, 11) is 0. The van der Waals surface area contributed by atoms with Gasteiger partial charge in [0.15, 0.2) is 0 Å². The molecule has 0 saturated carbocycles. The summed E-state index contributed by atoms with van der Waals surface area (Å²) in [6.07, 6.45) is 3.64. The molecule has 0 spiro atoms. The van der Waals surface area contributed by atoms with Gasteiger partial charge in [-0.15, -0.1) is 0 Å². The topological polar surface area (TPSA) is 54.0 Å². The van der Waals surface area contributed by atoms with Gasteiger partial charge in [-0.2, -0.15) is 0 Å². The Hall–Kier alpha value is -3.21. The minimum absolute atomic E-state index is 0.233. The van der Waals surface area contributed by atoms with Crippen LogP contribution in [-0.4, -0.2) is 17.4 Å². The first-order chi connectivity index (χ1) is 13.0. The molecule has 0 saturated heterocycles. The van der Waals surface area contributed by atoms with E-state index in [0.29, 0.717) is 24.1 Å². The van der Waals surface area contributed by atoms with Crippen LogP contribution in [0.5, 0.6) is 0 Å². The van der Waals surface area contributed by atoms with Crippen LogP contribution in [0.3, 0.4) is 0 Å². The molecule has 4 nitrogen and oxygen atoms in total. The molecule has 0 aliphatic rings. The molecule has 0 aliphatic carbocycles. The number of amides is 1. The van der Waals surface area contributed by atoms with E-state index in [1.165, 1.54) is 17.8 Å². The normalized spacial score (nSPS) is 10.5. The Bertz CT molecular complexity index is 956. The molecule has 1 heterocycles. The molecule has 5 heteroatoms. The van der Waals surface area contributed by atoms with Gasteiger partial charge in [-0.05, 0) is 55.2 Å². The lowest BCUT2D eigenvalue weighted by Gasteiger charge is -2.12. The molecule has 0 radical (unpaired) electrons. The van der Waals surface area contributed by atoms with E-state index in [0.717, 1.165) is 16.9 Å². The molecule has 0 atom stereocenters. The number of hydrogen-bond donors (Lipinski definition) is 2. The van der Waals surface area contributed by atoms with Gasteiger partial charge in [0.25, 0.3) is 5.91 Å². The monoisotopic (exact) mass is 363 g/mol. The zero-order valence-corrected chi connectivity index (χ0v) is 15.4. The molecule has 0 unspecified atom stereocenters. The average Bonchev–Trinajstić information content (AvgIpc) is 2.67. The third-order valence-corrected chi connectivity index (χ3v) is 4.52. The molecule has 0 aliphatic heterocycles. The second-order valence-electron chi connectivity index (χ2n) is 6.43. The van der Waals surface area contributed by atoms with Gasteiger partial charge in [-0.1, -0.05) is 30.3 Å². The number of aryl methyl sites for hydroxylation is 1. The van der Waals surface area contributed by atoms with Gasteiger partial charge in [0.2, 0.25) is 0 Å². The Labute approximate surface area is 158 Å². The fourth-order valence-corrected chi connectivity index (χ4v) is 2.79. The predicted octanol–water partition coefficient (Wildman–Crippen LogP) is 4.55. The Balaban J connectivity index is 1.63. The molecule has 2 N–H and O–H groups in total. The molecule has 3 aromatic rings. The SMILES string of the molecule is Cc1cccc(Nc2cncc(C(=O)NCCc3ccccc3F)c2)c1C. The number of aromatic nitrogens is 1. The Morgan fingerprint density at radius 1 is 1.07 bits per heavy atom. The smallest absolute Gasteiger partial charge is 0.252 e. The molecule has 27 heavy (non-hydrogen) atoms. The number of carbonyl (C=O) groups excluding carboxylic acids is 1. The van der Waals surface area contributed by atoms with Gasteiger partial charge in [0, 0.05) is 18.4 Å². The number of carbonyl (C=O) groups is 1. The quantitative estimate of drug-likeness (QED) is 0.675. The molecule has 2 aromatic carbocycles. The zero-order chi connectivity index (χ0) is 19.2. The van der Waals surface area contributed by atoms with E-state index in [-0.39, 0.29) is 11.7 Å². The van der Waals surface area contributed by atoms with Gasteiger partial charge >= 0.3 is 0 Å². The predicted molar refractivity (Wildman–Crippen MR) is 106 cm³/mol. The largest absolute Gasteiger partial charge is 0.354 e. The molecule has 138 valence electrons. The van der Waals surface area contributed by atoms with Crippen molar-refractivity contribution in [2.45, 2.75) is 20.3 Å². The minimum Gasteiger partial charge on any atom is -0.354 e. The standard InChI is InChI=1S/C22H22FN3O/c1-15-6-5-9-21(16(15)2)26-19-12-18(13-24-14-19)22(27)25-11-10-17-7-3-4-8-20(17)23/h3-9,12-14,26H,10-11H2,1-2H3,(H,25,27). The number of nitrogens with zero attached hydrogens (tertiary/aromatic N) is 1. The molecule has 3 rings (SSSR count). The first-order valence-electron chi connectivity index (χ1n) is 8.84. The van der Waals surface area contributed by atoms with Crippen molar-refractivity contribution in [3.63, 3.8) is 0 Å². The zero-order valence-electron chi connectivity index (χ0n) is 15.4. The van der Waals surface area contributed by atoms with Gasteiger partial charge in [0.1, 0.15) is 5.82 Å². The van der Waals surface area contributed by atoms with E-state index in [1.807, 2.05) is 19.1 Å². The lowest BCUT2D eigenvalue weighted by atomic mass is 10.1. The summed E-state index contributed by atoms with van der Waals surface area (Å²) in [5.74, 6) is -0.489. The van der Waals surface area contributed by atoms with Crippen molar-refractivity contribution >= 4 is 17.3 Å². The Morgan fingerprint density at radius 2 is 1.89 bits per heavy atom. The number of anilines is 2. The van der Waals surface area contributed by atoms with Crippen LogP contribution in [0.1, 0.15) is 27.0 Å². The summed E-state index contributed by atoms with van der Waals surface area (Å²) in [5, 5.41) is 6.12. The van der Waals surface area contributed by atoms with Crippen molar-refractivity contribution in [2.24, 2.45) is 0 Å². The first kappa shape index (κ1) is 18.6. The molecule has 1 amide bonds. The van der Waals surface area contributed by atoms with Gasteiger partial charge in [-0.25, -0.2) is 4.39 Å². The molecular weight excluding hydrogens is 341 g/mol. The van der Waals surface area contributed by atoms with Crippen LogP contribution < -0.4 is 10.6 Å². The van der Waals surface area contributed by atoms with E-state index in [4.69, 9.17) is 0 Å². The fraction of sp³-hybridized carbons (Fsp3) is 0.182. The maximum atomic E-state index is 13.6. The lowest BCUT2D eigenvalue weighted by molar-refractivity contribution is 0.0953. The minimum atomic E-state index is -0.256. The van der Waals surface area contributed by atoms with Gasteiger partial charge in [0.05, 0.1) is 17.4 Å². The summed E-state index contributed by atoms with van der Waals surface area (Å²) in [5.41, 5.74) is 5.10.